The Morgan fingerprint density at radius 3 is 2.59 bits per heavy atom. The maximum atomic E-state index is 13.1. The number of fused-ring (bicyclic) bond motifs is 1. The molecule has 0 saturated carbocycles. The van der Waals surface area contributed by atoms with E-state index in [1.807, 2.05) is 23.1 Å². The lowest BCUT2D eigenvalue weighted by molar-refractivity contribution is -0.135. The van der Waals surface area contributed by atoms with Gasteiger partial charge in [-0.3, -0.25) is 14.2 Å². The van der Waals surface area contributed by atoms with Crippen LogP contribution in [0.15, 0.2) is 40.4 Å². The number of aromatic nitrogens is 3. The van der Waals surface area contributed by atoms with Gasteiger partial charge >= 0.3 is 0 Å². The van der Waals surface area contributed by atoms with Crippen molar-refractivity contribution in [3.8, 4) is 0 Å². The molecule has 2 aliphatic heterocycles. The summed E-state index contributed by atoms with van der Waals surface area (Å²) in [5, 5.41) is 0.728. The van der Waals surface area contributed by atoms with Crippen LogP contribution >= 0.6 is 11.8 Å². The van der Waals surface area contributed by atoms with E-state index in [0.29, 0.717) is 25.4 Å². The molecule has 1 saturated heterocycles. The van der Waals surface area contributed by atoms with Gasteiger partial charge in [0, 0.05) is 56.2 Å². The number of pyridine rings is 1. The Morgan fingerprint density at radius 2 is 1.93 bits per heavy atom. The zero-order valence-electron chi connectivity index (χ0n) is 17.2. The number of nitrogens with zero attached hydrogens (tertiary/aromatic N) is 5. The average molecular weight is 414 g/mol. The summed E-state index contributed by atoms with van der Waals surface area (Å²) in [7, 11) is 0. The van der Waals surface area contributed by atoms with Gasteiger partial charge < -0.3 is 9.80 Å². The Hall–Kier alpha value is -2.35. The number of hydrogen-bond acceptors (Lipinski definition) is 6. The number of hydrogen-bond donors (Lipinski definition) is 0. The summed E-state index contributed by atoms with van der Waals surface area (Å²) in [5.74, 6) is 1.57. The van der Waals surface area contributed by atoms with E-state index in [2.05, 4.69) is 35.6 Å². The van der Waals surface area contributed by atoms with Crippen molar-refractivity contribution in [1.29, 1.82) is 0 Å². The van der Waals surface area contributed by atoms with Gasteiger partial charge in [0.25, 0.3) is 5.56 Å². The first-order valence-corrected chi connectivity index (χ1v) is 11.0. The Balaban J connectivity index is 1.42. The summed E-state index contributed by atoms with van der Waals surface area (Å²) in [6.07, 6.45) is 1.79. The first kappa shape index (κ1) is 19.9. The van der Waals surface area contributed by atoms with Crippen LogP contribution in [-0.2, 0) is 16.8 Å². The molecule has 4 rings (SSSR count). The molecule has 0 radical (unpaired) electrons. The first-order chi connectivity index (χ1) is 13.8. The molecule has 2 aromatic rings. The van der Waals surface area contributed by atoms with Crippen molar-refractivity contribution < 1.29 is 4.79 Å². The third-order valence-corrected chi connectivity index (χ3v) is 6.61. The summed E-state index contributed by atoms with van der Waals surface area (Å²) in [6, 6.07) is 7.50. The maximum Gasteiger partial charge on any atom is 0.254 e. The predicted octanol–water partition coefficient (Wildman–Crippen LogP) is 2.01. The maximum absolute atomic E-state index is 13.1. The fraction of sp³-hybridized carbons (Fsp3) is 0.524. The second-order valence-corrected chi connectivity index (χ2v) is 9.62. The zero-order chi connectivity index (χ0) is 20.6. The quantitative estimate of drug-likeness (QED) is 0.702. The van der Waals surface area contributed by atoms with E-state index in [-0.39, 0.29) is 22.8 Å². The van der Waals surface area contributed by atoms with Gasteiger partial charge in [0.2, 0.25) is 5.91 Å². The van der Waals surface area contributed by atoms with Crippen LogP contribution in [0.1, 0.15) is 26.5 Å². The standard InChI is InChI=1S/C21H27N5O2S/c1-21(2,3)16-12-18(27)26-13-15(14-29-20(26)23-16)19(28)25-10-8-24(9-11-25)17-6-4-5-7-22-17/h4-7,12,15H,8-11,13-14H2,1-3H3. The summed E-state index contributed by atoms with van der Waals surface area (Å²) < 4.78 is 1.66. The largest absolute Gasteiger partial charge is 0.353 e. The molecule has 0 N–H and O–H groups in total. The molecule has 4 heterocycles. The van der Waals surface area contributed by atoms with Crippen LogP contribution in [0.2, 0.25) is 0 Å². The van der Waals surface area contributed by atoms with Gasteiger partial charge in [0.15, 0.2) is 5.16 Å². The first-order valence-electron chi connectivity index (χ1n) is 10.0. The van der Waals surface area contributed by atoms with E-state index in [0.717, 1.165) is 29.8 Å². The third-order valence-electron chi connectivity index (χ3n) is 5.47. The molecular formula is C21H27N5O2S. The Morgan fingerprint density at radius 1 is 1.17 bits per heavy atom. The number of thioether (sulfide) groups is 1. The van der Waals surface area contributed by atoms with Gasteiger partial charge in [-0.05, 0) is 12.1 Å². The molecule has 0 spiro atoms. The molecule has 1 amide bonds. The molecule has 1 unspecified atom stereocenters. The van der Waals surface area contributed by atoms with Crippen molar-refractivity contribution in [2.75, 3.05) is 36.8 Å². The van der Waals surface area contributed by atoms with Crippen molar-refractivity contribution >= 4 is 23.5 Å². The van der Waals surface area contributed by atoms with Gasteiger partial charge in [-0.15, -0.1) is 0 Å². The van der Waals surface area contributed by atoms with Gasteiger partial charge in [-0.1, -0.05) is 38.6 Å². The number of piperazine rings is 1. The highest BCUT2D eigenvalue weighted by Gasteiger charge is 2.32. The minimum Gasteiger partial charge on any atom is -0.353 e. The van der Waals surface area contributed by atoms with Crippen LogP contribution in [0.25, 0.3) is 0 Å². The monoisotopic (exact) mass is 413 g/mol. The van der Waals surface area contributed by atoms with Gasteiger partial charge in [-0.25, -0.2) is 9.97 Å². The molecule has 1 atom stereocenters. The van der Waals surface area contributed by atoms with Crippen molar-refractivity contribution in [3.05, 3.63) is 46.5 Å². The Bertz CT molecular complexity index is 946. The number of anilines is 1. The normalized spacial score (nSPS) is 19.8. The molecule has 2 aliphatic rings. The third kappa shape index (κ3) is 4.17. The van der Waals surface area contributed by atoms with E-state index >= 15 is 0 Å². The summed E-state index contributed by atoms with van der Waals surface area (Å²) in [4.78, 5) is 38.9. The van der Waals surface area contributed by atoms with Crippen LogP contribution in [0.3, 0.4) is 0 Å². The minimum atomic E-state index is -0.186. The van der Waals surface area contributed by atoms with Crippen molar-refractivity contribution in [2.24, 2.45) is 5.92 Å². The molecule has 7 nitrogen and oxygen atoms in total. The highest BCUT2D eigenvalue weighted by Crippen LogP contribution is 2.29. The van der Waals surface area contributed by atoms with Crippen molar-refractivity contribution in [1.82, 2.24) is 19.4 Å². The highest BCUT2D eigenvalue weighted by atomic mass is 32.2. The van der Waals surface area contributed by atoms with E-state index < -0.39 is 0 Å². The summed E-state index contributed by atoms with van der Waals surface area (Å²) in [5.41, 5.74) is 0.566. The predicted molar refractivity (Wildman–Crippen MR) is 114 cm³/mol. The van der Waals surface area contributed by atoms with Gasteiger partial charge in [-0.2, -0.15) is 0 Å². The number of rotatable bonds is 2. The minimum absolute atomic E-state index is 0.0649. The molecular weight excluding hydrogens is 386 g/mol. The lowest BCUT2D eigenvalue weighted by Gasteiger charge is -2.37. The van der Waals surface area contributed by atoms with Crippen LogP contribution in [-0.4, -0.2) is 57.3 Å². The Labute approximate surface area is 175 Å². The fourth-order valence-electron chi connectivity index (χ4n) is 3.70. The average Bonchev–Trinajstić information content (AvgIpc) is 2.73. The molecule has 29 heavy (non-hydrogen) atoms. The van der Waals surface area contributed by atoms with Crippen LogP contribution in [0.4, 0.5) is 5.82 Å². The molecule has 2 aromatic heterocycles. The zero-order valence-corrected chi connectivity index (χ0v) is 18.0. The topological polar surface area (TPSA) is 71.3 Å². The summed E-state index contributed by atoms with van der Waals surface area (Å²) >= 11 is 1.51. The van der Waals surface area contributed by atoms with Crippen LogP contribution < -0.4 is 10.5 Å². The van der Waals surface area contributed by atoms with Crippen molar-refractivity contribution in [2.45, 2.75) is 37.9 Å². The number of carbonyl (C=O) groups excluding carboxylic acids is 1. The number of amides is 1. The van der Waals surface area contributed by atoms with Crippen LogP contribution in [0.5, 0.6) is 0 Å². The van der Waals surface area contributed by atoms with Gasteiger partial charge in [0.05, 0.1) is 11.6 Å². The highest BCUT2D eigenvalue weighted by molar-refractivity contribution is 7.99. The van der Waals surface area contributed by atoms with Crippen LogP contribution in [0, 0.1) is 5.92 Å². The lowest BCUT2D eigenvalue weighted by atomic mass is 9.92. The second-order valence-electron chi connectivity index (χ2n) is 8.63. The molecule has 0 aromatic carbocycles. The molecule has 1 fully saturated rings. The SMILES string of the molecule is CC(C)(C)c1cc(=O)n2c(n1)SCC(C(=O)N1CCN(c3ccccn3)CC1)C2. The van der Waals surface area contributed by atoms with Crippen molar-refractivity contribution in [3.63, 3.8) is 0 Å². The molecule has 0 aliphatic carbocycles. The molecule has 154 valence electrons. The van der Waals surface area contributed by atoms with E-state index in [9.17, 15) is 9.59 Å². The second kappa shape index (κ2) is 7.82. The smallest absolute Gasteiger partial charge is 0.254 e. The Kier molecular flexibility index (Phi) is 5.38. The fourth-order valence-corrected chi connectivity index (χ4v) is 4.78. The molecule has 0 bridgehead atoms. The molecule has 8 heteroatoms. The van der Waals surface area contributed by atoms with E-state index in [4.69, 9.17) is 0 Å². The lowest BCUT2D eigenvalue weighted by Crippen LogP contribution is -2.52. The van der Waals surface area contributed by atoms with E-state index in [1.165, 1.54) is 11.8 Å². The van der Waals surface area contributed by atoms with E-state index in [1.54, 1.807) is 16.8 Å². The number of carbonyl (C=O) groups is 1. The summed E-state index contributed by atoms with van der Waals surface area (Å²) in [6.45, 7) is 9.48. The van der Waals surface area contributed by atoms with Gasteiger partial charge in [0.1, 0.15) is 5.82 Å².